The van der Waals surface area contributed by atoms with Crippen LogP contribution in [0.2, 0.25) is 0 Å². The van der Waals surface area contributed by atoms with Crippen molar-refractivity contribution in [3.05, 3.63) is 12.2 Å². The average molecular weight is 774 g/mol. The summed E-state index contributed by atoms with van der Waals surface area (Å²) < 4.78 is 33.4. The van der Waals surface area contributed by atoms with E-state index in [4.69, 9.17) is 24.3 Å². The predicted molar refractivity (Wildman–Crippen MR) is 224 cm³/mol. The second-order valence-electron chi connectivity index (χ2n) is 15.3. The Bertz CT molecular complexity index is 828. The van der Waals surface area contributed by atoms with E-state index >= 15 is 0 Å². The predicted octanol–water partition coefficient (Wildman–Crippen LogP) is 13.5. The smallest absolute Gasteiger partial charge is 0.457 e. The summed E-state index contributed by atoms with van der Waals surface area (Å²) >= 11 is 0. The molecular formula is C44H88NO7P. The highest BCUT2D eigenvalue weighted by atomic mass is 31.2. The van der Waals surface area contributed by atoms with Crippen molar-refractivity contribution in [2.24, 2.45) is 5.73 Å². The fourth-order valence-electron chi connectivity index (χ4n) is 6.57. The van der Waals surface area contributed by atoms with Crippen LogP contribution >= 0.6 is 7.82 Å². The molecule has 0 rings (SSSR count). The molecule has 0 aliphatic rings. The Balaban J connectivity index is 3.90. The summed E-state index contributed by atoms with van der Waals surface area (Å²) in [5.74, 6) is -0.328. The fraction of sp³-hybridized carbons (Fsp3) is 0.932. The van der Waals surface area contributed by atoms with Crippen molar-refractivity contribution in [2.75, 3.05) is 33.0 Å². The van der Waals surface area contributed by atoms with E-state index in [-0.39, 0.29) is 32.3 Å². The number of allylic oxidation sites excluding steroid dienone is 2. The van der Waals surface area contributed by atoms with Crippen molar-refractivity contribution in [3.63, 3.8) is 0 Å². The van der Waals surface area contributed by atoms with E-state index in [1.54, 1.807) is 0 Å². The molecule has 0 aromatic heterocycles. The number of carbonyl (C=O) groups is 1. The van der Waals surface area contributed by atoms with Gasteiger partial charge in [0.05, 0.1) is 19.8 Å². The standard InChI is InChI=1S/C44H88NO7P/c1-3-5-7-9-11-13-15-17-18-19-20-21-22-23-24-25-26-27-29-31-33-35-37-44(46)52-43(42-51-53(47,48)50-40-38-45)41-49-39-36-34-32-30-28-16-14-12-10-8-6-4-2/h10,12,43H,3-9,11,13-42,45H2,1-2H3,(H,47,48)/b12-10-. The maximum absolute atomic E-state index is 12.6. The van der Waals surface area contributed by atoms with Gasteiger partial charge in [-0.3, -0.25) is 13.8 Å². The lowest BCUT2D eigenvalue weighted by atomic mass is 10.0. The molecule has 9 heteroatoms. The molecule has 0 aromatic rings. The van der Waals surface area contributed by atoms with Crippen molar-refractivity contribution in [3.8, 4) is 0 Å². The van der Waals surface area contributed by atoms with Crippen LogP contribution in [-0.4, -0.2) is 49.9 Å². The molecule has 0 saturated carbocycles. The highest BCUT2D eigenvalue weighted by Crippen LogP contribution is 2.43. The van der Waals surface area contributed by atoms with Gasteiger partial charge in [0, 0.05) is 19.6 Å². The van der Waals surface area contributed by atoms with Crippen molar-refractivity contribution >= 4 is 13.8 Å². The summed E-state index contributed by atoms with van der Waals surface area (Å²) in [6.45, 7) is 4.92. The van der Waals surface area contributed by atoms with E-state index in [1.165, 1.54) is 173 Å². The molecule has 0 spiro atoms. The van der Waals surface area contributed by atoms with Crippen molar-refractivity contribution < 1.29 is 32.8 Å². The molecule has 0 fully saturated rings. The van der Waals surface area contributed by atoms with Crippen LogP contribution in [0.25, 0.3) is 0 Å². The second kappa shape index (κ2) is 42.4. The van der Waals surface area contributed by atoms with Gasteiger partial charge in [0.25, 0.3) is 0 Å². The Hall–Kier alpha value is -0.760. The van der Waals surface area contributed by atoms with Gasteiger partial charge >= 0.3 is 13.8 Å². The Labute approximate surface area is 328 Å². The minimum Gasteiger partial charge on any atom is -0.457 e. The number of rotatable bonds is 44. The number of unbranched alkanes of at least 4 members (excludes halogenated alkanes) is 29. The summed E-state index contributed by atoms with van der Waals surface area (Å²) in [6.07, 6.45) is 45.2. The first-order valence-corrected chi connectivity index (χ1v) is 24.2. The molecule has 0 aliphatic heterocycles. The van der Waals surface area contributed by atoms with Gasteiger partial charge in [0.15, 0.2) is 0 Å². The van der Waals surface area contributed by atoms with Gasteiger partial charge in [-0.2, -0.15) is 0 Å². The van der Waals surface area contributed by atoms with Crippen LogP contribution in [0.1, 0.15) is 226 Å². The van der Waals surface area contributed by atoms with Gasteiger partial charge in [-0.15, -0.1) is 0 Å². The zero-order valence-corrected chi connectivity index (χ0v) is 35.9. The fourth-order valence-corrected chi connectivity index (χ4v) is 7.33. The third-order valence-electron chi connectivity index (χ3n) is 9.93. The normalized spacial score (nSPS) is 13.5. The minimum atomic E-state index is -4.27. The van der Waals surface area contributed by atoms with E-state index in [1.807, 2.05) is 0 Å². The van der Waals surface area contributed by atoms with Gasteiger partial charge in [0.1, 0.15) is 6.10 Å². The van der Waals surface area contributed by atoms with Gasteiger partial charge in [-0.1, -0.05) is 199 Å². The largest absolute Gasteiger partial charge is 0.472 e. The van der Waals surface area contributed by atoms with E-state index < -0.39 is 13.9 Å². The average Bonchev–Trinajstić information content (AvgIpc) is 3.15. The molecule has 0 radical (unpaired) electrons. The number of phosphoric ester groups is 1. The maximum atomic E-state index is 12.6. The molecule has 0 heterocycles. The number of carbonyl (C=O) groups excluding carboxylic acids is 1. The van der Waals surface area contributed by atoms with Crippen LogP contribution in [0.15, 0.2) is 12.2 Å². The van der Waals surface area contributed by atoms with Gasteiger partial charge < -0.3 is 20.1 Å². The lowest BCUT2D eigenvalue weighted by Crippen LogP contribution is -2.28. The molecule has 3 N–H and O–H groups in total. The third-order valence-corrected chi connectivity index (χ3v) is 10.9. The SMILES string of the molecule is CCCC/C=C\CCCCCCCCOCC(COP(=O)(O)OCCN)OC(=O)CCCCCCCCCCCCCCCCCCCCCCCC. The summed E-state index contributed by atoms with van der Waals surface area (Å²) in [4.78, 5) is 22.5. The van der Waals surface area contributed by atoms with Crippen LogP contribution in [0.5, 0.6) is 0 Å². The summed E-state index contributed by atoms with van der Waals surface area (Å²) in [5.41, 5.74) is 5.37. The molecule has 2 unspecified atom stereocenters. The summed E-state index contributed by atoms with van der Waals surface area (Å²) in [7, 11) is -4.27. The molecular weight excluding hydrogens is 685 g/mol. The van der Waals surface area contributed by atoms with Gasteiger partial charge in [0.2, 0.25) is 0 Å². The molecule has 8 nitrogen and oxygen atoms in total. The van der Waals surface area contributed by atoms with Crippen LogP contribution in [0.4, 0.5) is 0 Å². The van der Waals surface area contributed by atoms with Gasteiger partial charge in [-0.25, -0.2) is 4.57 Å². The number of hydrogen-bond donors (Lipinski definition) is 2. The number of nitrogens with two attached hydrogens (primary N) is 1. The second-order valence-corrected chi connectivity index (χ2v) is 16.7. The number of ether oxygens (including phenoxy) is 2. The Morgan fingerprint density at radius 1 is 0.547 bits per heavy atom. The zero-order chi connectivity index (χ0) is 38.8. The lowest BCUT2D eigenvalue weighted by Gasteiger charge is -2.20. The van der Waals surface area contributed by atoms with E-state index in [2.05, 4.69) is 26.0 Å². The molecule has 0 amide bonds. The topological polar surface area (TPSA) is 117 Å². The first-order valence-electron chi connectivity index (χ1n) is 22.7. The number of esters is 1. The summed E-state index contributed by atoms with van der Waals surface area (Å²) in [6, 6.07) is 0. The van der Waals surface area contributed by atoms with Crippen molar-refractivity contribution in [2.45, 2.75) is 232 Å². The molecule has 0 aromatic carbocycles. The highest BCUT2D eigenvalue weighted by Gasteiger charge is 2.25. The number of phosphoric acid groups is 1. The first kappa shape index (κ1) is 52.2. The molecule has 0 bridgehead atoms. The van der Waals surface area contributed by atoms with Crippen LogP contribution in [0.3, 0.4) is 0 Å². The van der Waals surface area contributed by atoms with Gasteiger partial charge in [-0.05, 0) is 32.1 Å². The first-order chi connectivity index (χ1) is 25.9. The summed E-state index contributed by atoms with van der Waals surface area (Å²) in [5, 5.41) is 0. The Kier molecular flexibility index (Phi) is 41.8. The Morgan fingerprint density at radius 2 is 0.962 bits per heavy atom. The Morgan fingerprint density at radius 3 is 1.43 bits per heavy atom. The quantitative estimate of drug-likeness (QED) is 0.0272. The zero-order valence-electron chi connectivity index (χ0n) is 35.0. The van der Waals surface area contributed by atoms with Crippen LogP contribution in [0, 0.1) is 0 Å². The van der Waals surface area contributed by atoms with E-state index in [0.29, 0.717) is 13.0 Å². The molecule has 316 valence electrons. The minimum absolute atomic E-state index is 0.0934. The van der Waals surface area contributed by atoms with E-state index in [0.717, 1.165) is 32.1 Å². The van der Waals surface area contributed by atoms with Crippen LogP contribution < -0.4 is 5.73 Å². The molecule has 53 heavy (non-hydrogen) atoms. The van der Waals surface area contributed by atoms with E-state index in [9.17, 15) is 14.3 Å². The number of hydrogen-bond acceptors (Lipinski definition) is 7. The molecule has 0 aliphatic carbocycles. The highest BCUT2D eigenvalue weighted by molar-refractivity contribution is 7.47. The van der Waals surface area contributed by atoms with Crippen molar-refractivity contribution in [1.82, 2.24) is 0 Å². The lowest BCUT2D eigenvalue weighted by molar-refractivity contribution is -0.154. The van der Waals surface area contributed by atoms with Crippen LogP contribution in [-0.2, 0) is 27.9 Å². The maximum Gasteiger partial charge on any atom is 0.472 e. The third kappa shape index (κ3) is 42.2. The van der Waals surface area contributed by atoms with Crippen molar-refractivity contribution in [1.29, 1.82) is 0 Å². The monoisotopic (exact) mass is 774 g/mol. The molecule has 0 saturated heterocycles. The molecule has 2 atom stereocenters.